The summed E-state index contributed by atoms with van der Waals surface area (Å²) >= 11 is 3.30. The molecule has 0 radical (unpaired) electrons. The van der Waals surface area contributed by atoms with Gasteiger partial charge in [0.15, 0.2) is 0 Å². The van der Waals surface area contributed by atoms with E-state index in [4.69, 9.17) is 0 Å². The summed E-state index contributed by atoms with van der Waals surface area (Å²) in [4.78, 5) is 12.7. The van der Waals surface area contributed by atoms with E-state index >= 15 is 0 Å². The molecule has 2 aromatic carbocycles. The minimum atomic E-state index is -0.390. The molecule has 6 heteroatoms. The summed E-state index contributed by atoms with van der Waals surface area (Å²) in [6, 6.07) is 9.73. The van der Waals surface area contributed by atoms with Gasteiger partial charge in [-0.05, 0) is 35.7 Å². The van der Waals surface area contributed by atoms with E-state index in [2.05, 4.69) is 15.9 Å². The highest BCUT2D eigenvalue weighted by Crippen LogP contribution is 2.40. The highest BCUT2D eigenvalue weighted by atomic mass is 79.9. The zero-order valence-electron chi connectivity index (χ0n) is 11.1. The molecule has 3 rings (SSSR count). The monoisotopic (exact) mass is 350 g/mol. The van der Waals surface area contributed by atoms with Gasteiger partial charge in [0.2, 0.25) is 0 Å². The Kier molecular flexibility index (Phi) is 3.63. The largest absolute Gasteiger partial charge is 0.335 e. The van der Waals surface area contributed by atoms with Crippen molar-refractivity contribution in [1.82, 2.24) is 0 Å². The van der Waals surface area contributed by atoms with Crippen molar-refractivity contribution in [3.63, 3.8) is 0 Å². The number of nitrogens with zero attached hydrogens (tertiary/aromatic N) is 2. The van der Waals surface area contributed by atoms with Crippen LogP contribution in [-0.2, 0) is 11.8 Å². The molecule has 0 atom stereocenters. The molecule has 1 aliphatic heterocycles. The zero-order chi connectivity index (χ0) is 15.0. The van der Waals surface area contributed by atoms with E-state index in [1.54, 1.807) is 18.2 Å². The van der Waals surface area contributed by atoms with Crippen LogP contribution in [0, 0.1) is 15.9 Å². The first-order valence-electron chi connectivity index (χ1n) is 6.49. The normalized spacial score (nSPS) is 13.3. The molecule has 108 valence electrons. The number of hydrogen-bond acceptors (Lipinski definition) is 3. The van der Waals surface area contributed by atoms with E-state index in [0.717, 1.165) is 17.5 Å². The van der Waals surface area contributed by atoms with Crippen LogP contribution in [0.4, 0.5) is 21.5 Å². The maximum atomic E-state index is 13.5. The van der Waals surface area contributed by atoms with Gasteiger partial charge < -0.3 is 4.90 Å². The van der Waals surface area contributed by atoms with E-state index in [9.17, 15) is 14.5 Å². The fraction of sp³-hybridized carbons (Fsp3) is 0.200. The van der Waals surface area contributed by atoms with Crippen LogP contribution in [0.1, 0.15) is 11.1 Å². The van der Waals surface area contributed by atoms with E-state index in [-0.39, 0.29) is 11.5 Å². The molecule has 0 saturated carbocycles. The molecule has 0 saturated heterocycles. The minimum Gasteiger partial charge on any atom is -0.335 e. The van der Waals surface area contributed by atoms with Crippen molar-refractivity contribution in [3.8, 4) is 0 Å². The smallest absolute Gasteiger partial charge is 0.293 e. The second kappa shape index (κ2) is 5.44. The fourth-order valence-corrected chi connectivity index (χ4v) is 2.98. The van der Waals surface area contributed by atoms with E-state index < -0.39 is 4.92 Å². The van der Waals surface area contributed by atoms with Gasteiger partial charge in [-0.15, -0.1) is 0 Å². The van der Waals surface area contributed by atoms with Crippen molar-refractivity contribution in [1.29, 1.82) is 0 Å². The molecule has 4 nitrogen and oxygen atoms in total. The summed E-state index contributed by atoms with van der Waals surface area (Å²) in [5, 5.41) is 11.9. The van der Waals surface area contributed by atoms with Gasteiger partial charge in [-0.1, -0.05) is 28.1 Å². The number of anilines is 2. The molecule has 2 aromatic rings. The molecule has 1 heterocycles. The Balaban J connectivity index is 2.11. The third-order valence-corrected chi connectivity index (χ3v) is 4.27. The van der Waals surface area contributed by atoms with Crippen LogP contribution in [0.15, 0.2) is 36.4 Å². The summed E-state index contributed by atoms with van der Waals surface area (Å²) in [6.45, 7) is 0.618. The molecule has 0 fully saturated rings. The average Bonchev–Trinajstić information content (AvgIpc) is 2.89. The van der Waals surface area contributed by atoms with Gasteiger partial charge in [-0.25, -0.2) is 4.39 Å². The summed E-state index contributed by atoms with van der Waals surface area (Å²) in [7, 11) is 0. The summed E-state index contributed by atoms with van der Waals surface area (Å²) in [5.41, 5.74) is 3.11. The van der Waals surface area contributed by atoms with Crippen LogP contribution >= 0.6 is 15.9 Å². The standard InChI is InChI=1S/C15H12BrFN2O2/c16-9-10-1-4-13(15(7-10)19(20)21)18-6-5-11-2-3-12(17)8-14(11)18/h1-4,7-8H,5-6,9H2. The number of hydrogen-bond donors (Lipinski definition) is 0. The van der Waals surface area contributed by atoms with Crippen LogP contribution in [-0.4, -0.2) is 11.5 Å². The Morgan fingerprint density at radius 1 is 1.24 bits per heavy atom. The lowest BCUT2D eigenvalue weighted by atomic mass is 10.1. The van der Waals surface area contributed by atoms with Gasteiger partial charge in [0.05, 0.1) is 4.92 Å². The number of nitro groups is 1. The van der Waals surface area contributed by atoms with E-state index in [0.29, 0.717) is 23.2 Å². The first-order valence-corrected chi connectivity index (χ1v) is 7.61. The van der Waals surface area contributed by atoms with Crippen LogP contribution in [0.25, 0.3) is 0 Å². The zero-order valence-corrected chi connectivity index (χ0v) is 12.6. The Bertz CT molecular complexity index is 721. The van der Waals surface area contributed by atoms with Gasteiger partial charge in [0, 0.05) is 23.6 Å². The second-order valence-electron chi connectivity index (χ2n) is 4.89. The predicted molar refractivity (Wildman–Crippen MR) is 82.8 cm³/mol. The average molecular weight is 351 g/mol. The fourth-order valence-electron chi connectivity index (χ4n) is 2.63. The molecule has 0 N–H and O–H groups in total. The van der Waals surface area contributed by atoms with E-state index in [1.165, 1.54) is 12.1 Å². The number of rotatable bonds is 3. The van der Waals surface area contributed by atoms with Crippen molar-refractivity contribution in [2.75, 3.05) is 11.4 Å². The van der Waals surface area contributed by atoms with Gasteiger partial charge in [-0.3, -0.25) is 10.1 Å². The molecule has 0 spiro atoms. The second-order valence-corrected chi connectivity index (χ2v) is 5.45. The maximum Gasteiger partial charge on any atom is 0.293 e. The quantitative estimate of drug-likeness (QED) is 0.470. The minimum absolute atomic E-state index is 0.0454. The molecular formula is C15H12BrFN2O2. The van der Waals surface area contributed by atoms with Crippen molar-refractivity contribution in [2.24, 2.45) is 0 Å². The summed E-state index contributed by atoms with van der Waals surface area (Å²) < 4.78 is 13.5. The predicted octanol–water partition coefficient (Wildman–Crippen LogP) is 4.32. The Hall–Kier alpha value is -1.95. The topological polar surface area (TPSA) is 46.4 Å². The first-order chi connectivity index (χ1) is 10.1. The number of halogens is 2. The van der Waals surface area contributed by atoms with Gasteiger partial charge >= 0.3 is 0 Å². The Morgan fingerprint density at radius 3 is 2.76 bits per heavy atom. The van der Waals surface area contributed by atoms with Crippen LogP contribution < -0.4 is 4.90 Å². The molecule has 21 heavy (non-hydrogen) atoms. The molecule has 1 aliphatic rings. The lowest BCUT2D eigenvalue weighted by Crippen LogP contribution is -2.15. The highest BCUT2D eigenvalue weighted by molar-refractivity contribution is 9.08. The molecule has 0 aromatic heterocycles. The molecule has 0 bridgehead atoms. The van der Waals surface area contributed by atoms with Gasteiger partial charge in [-0.2, -0.15) is 0 Å². The van der Waals surface area contributed by atoms with Crippen LogP contribution in [0.2, 0.25) is 0 Å². The van der Waals surface area contributed by atoms with Crippen molar-refractivity contribution in [3.05, 3.63) is 63.5 Å². The van der Waals surface area contributed by atoms with Crippen LogP contribution in [0.5, 0.6) is 0 Å². The van der Waals surface area contributed by atoms with Gasteiger partial charge in [0.25, 0.3) is 5.69 Å². The molecular weight excluding hydrogens is 339 g/mol. The van der Waals surface area contributed by atoms with Crippen molar-refractivity contribution < 1.29 is 9.31 Å². The maximum absolute atomic E-state index is 13.5. The SMILES string of the molecule is O=[N+]([O-])c1cc(CBr)ccc1N1CCc2ccc(F)cc21. The Labute approximate surface area is 129 Å². The third kappa shape index (κ3) is 2.51. The lowest BCUT2D eigenvalue weighted by Gasteiger charge is -2.19. The number of alkyl halides is 1. The highest BCUT2D eigenvalue weighted by Gasteiger charge is 2.27. The third-order valence-electron chi connectivity index (χ3n) is 3.62. The first kappa shape index (κ1) is 14.0. The number of fused-ring (bicyclic) bond motifs is 1. The van der Waals surface area contributed by atoms with Crippen molar-refractivity contribution in [2.45, 2.75) is 11.8 Å². The molecule has 0 unspecified atom stereocenters. The lowest BCUT2D eigenvalue weighted by molar-refractivity contribution is -0.384. The number of benzene rings is 2. The van der Waals surface area contributed by atoms with Crippen molar-refractivity contribution >= 4 is 33.0 Å². The molecule has 0 aliphatic carbocycles. The molecule has 0 amide bonds. The van der Waals surface area contributed by atoms with Crippen LogP contribution in [0.3, 0.4) is 0 Å². The van der Waals surface area contributed by atoms with Gasteiger partial charge in [0.1, 0.15) is 11.5 Å². The number of nitro benzene ring substituents is 1. The summed E-state index contributed by atoms with van der Waals surface area (Å²) in [5.74, 6) is -0.333. The Morgan fingerprint density at radius 2 is 2.05 bits per heavy atom. The summed E-state index contributed by atoms with van der Waals surface area (Å²) in [6.07, 6.45) is 0.757. The van der Waals surface area contributed by atoms with E-state index in [1.807, 2.05) is 11.0 Å².